The fourth-order valence-corrected chi connectivity index (χ4v) is 4.58. The second-order valence-corrected chi connectivity index (χ2v) is 8.67. The van der Waals surface area contributed by atoms with Crippen molar-refractivity contribution in [1.29, 1.82) is 0 Å². The van der Waals surface area contributed by atoms with Crippen LogP contribution in [-0.2, 0) is 0 Å². The van der Waals surface area contributed by atoms with E-state index in [-0.39, 0.29) is 0 Å². The Balaban J connectivity index is 1.53. The molecule has 0 saturated heterocycles. The molecular weight excluding hydrogens is 450 g/mol. The second kappa shape index (κ2) is 9.13. The van der Waals surface area contributed by atoms with Crippen LogP contribution < -0.4 is 0 Å². The molecule has 0 radical (unpaired) electrons. The van der Waals surface area contributed by atoms with E-state index in [1.807, 2.05) is 84.9 Å². The van der Waals surface area contributed by atoms with Gasteiger partial charge in [0, 0.05) is 27.1 Å². The molecule has 166 valence electrons. The molecule has 1 aromatic heterocycles. The molecule has 6 rings (SSSR count). The van der Waals surface area contributed by atoms with Crippen LogP contribution >= 0.6 is 11.6 Å². The Bertz CT molecular complexity index is 1580. The van der Waals surface area contributed by atoms with Crippen molar-refractivity contribution in [2.24, 2.45) is 0 Å². The van der Waals surface area contributed by atoms with Crippen LogP contribution in [0.25, 0.3) is 56.1 Å². The Hall–Kier alpha value is -4.34. The van der Waals surface area contributed by atoms with Gasteiger partial charge in [0.25, 0.3) is 0 Å². The van der Waals surface area contributed by atoms with Crippen LogP contribution in [0.5, 0.6) is 0 Å². The van der Waals surface area contributed by atoms with Gasteiger partial charge in [0.1, 0.15) is 0 Å². The van der Waals surface area contributed by atoms with Crippen molar-refractivity contribution in [3.63, 3.8) is 0 Å². The van der Waals surface area contributed by atoms with E-state index in [2.05, 4.69) is 36.4 Å². The summed E-state index contributed by atoms with van der Waals surface area (Å²) in [6.07, 6.45) is 0. The summed E-state index contributed by atoms with van der Waals surface area (Å²) < 4.78 is 0. The van der Waals surface area contributed by atoms with Crippen molar-refractivity contribution >= 4 is 22.4 Å². The van der Waals surface area contributed by atoms with Crippen LogP contribution in [0.15, 0.2) is 121 Å². The summed E-state index contributed by atoms with van der Waals surface area (Å²) in [5.74, 6) is 1.92. The van der Waals surface area contributed by atoms with Crippen LogP contribution in [-0.4, -0.2) is 15.0 Å². The van der Waals surface area contributed by atoms with E-state index in [1.54, 1.807) is 0 Å². The first-order chi connectivity index (χ1) is 17.3. The molecule has 35 heavy (non-hydrogen) atoms. The minimum absolute atomic E-state index is 0.630. The van der Waals surface area contributed by atoms with Gasteiger partial charge in [-0.25, -0.2) is 15.0 Å². The fraction of sp³-hybridized carbons (Fsp3) is 0. The predicted molar refractivity (Wildman–Crippen MR) is 144 cm³/mol. The molecule has 0 saturated carbocycles. The molecule has 4 heteroatoms. The maximum absolute atomic E-state index is 6.61. The largest absolute Gasteiger partial charge is 0.208 e. The van der Waals surface area contributed by atoms with E-state index in [0.717, 1.165) is 43.6 Å². The Morgan fingerprint density at radius 1 is 0.429 bits per heavy atom. The van der Waals surface area contributed by atoms with Crippen molar-refractivity contribution in [2.45, 2.75) is 0 Å². The van der Waals surface area contributed by atoms with Crippen molar-refractivity contribution in [2.75, 3.05) is 0 Å². The highest BCUT2D eigenvalue weighted by Crippen LogP contribution is 2.35. The third-order valence-corrected chi connectivity index (χ3v) is 6.30. The average molecular weight is 470 g/mol. The maximum atomic E-state index is 6.61. The topological polar surface area (TPSA) is 38.7 Å². The van der Waals surface area contributed by atoms with Gasteiger partial charge in [-0.1, -0.05) is 121 Å². The highest BCUT2D eigenvalue weighted by molar-refractivity contribution is 6.36. The molecule has 3 nitrogen and oxygen atoms in total. The molecule has 0 fully saturated rings. The van der Waals surface area contributed by atoms with E-state index in [4.69, 9.17) is 26.6 Å². The van der Waals surface area contributed by atoms with Crippen molar-refractivity contribution in [3.05, 3.63) is 126 Å². The van der Waals surface area contributed by atoms with Gasteiger partial charge in [-0.05, 0) is 28.6 Å². The lowest BCUT2D eigenvalue weighted by atomic mass is 9.97. The molecule has 0 bridgehead atoms. The van der Waals surface area contributed by atoms with Crippen LogP contribution in [0, 0.1) is 0 Å². The monoisotopic (exact) mass is 469 g/mol. The van der Waals surface area contributed by atoms with Crippen molar-refractivity contribution in [3.8, 4) is 45.3 Å². The number of nitrogens with zero attached hydrogens (tertiary/aromatic N) is 3. The van der Waals surface area contributed by atoms with Gasteiger partial charge in [-0.3, -0.25) is 0 Å². The standard InChI is InChI=1S/C31H20ClN3/c32-27-19-9-15-21-14-8-18-26(28(21)27)24-16-7-17-25(20-24)31-34-29(22-10-3-1-4-11-22)33-30(35-31)23-12-5-2-6-13-23/h1-20H. The molecule has 0 aliphatic rings. The van der Waals surface area contributed by atoms with Gasteiger partial charge >= 0.3 is 0 Å². The van der Waals surface area contributed by atoms with Gasteiger partial charge < -0.3 is 0 Å². The summed E-state index contributed by atoms with van der Waals surface area (Å²) >= 11 is 6.61. The van der Waals surface area contributed by atoms with E-state index in [9.17, 15) is 0 Å². The first-order valence-electron chi connectivity index (χ1n) is 11.4. The molecule has 0 aliphatic carbocycles. The van der Waals surface area contributed by atoms with Gasteiger partial charge in [-0.2, -0.15) is 0 Å². The predicted octanol–water partition coefficient (Wildman–Crippen LogP) is 8.35. The zero-order chi connectivity index (χ0) is 23.6. The number of benzene rings is 5. The Kier molecular flexibility index (Phi) is 5.53. The van der Waals surface area contributed by atoms with Crippen LogP contribution in [0.2, 0.25) is 5.02 Å². The number of aromatic nitrogens is 3. The van der Waals surface area contributed by atoms with Crippen LogP contribution in [0.3, 0.4) is 0 Å². The first kappa shape index (κ1) is 21.2. The second-order valence-electron chi connectivity index (χ2n) is 8.26. The summed E-state index contributed by atoms with van der Waals surface area (Å²) in [4.78, 5) is 14.5. The Morgan fingerprint density at radius 2 is 0.914 bits per heavy atom. The van der Waals surface area contributed by atoms with E-state index in [1.165, 1.54) is 0 Å². The van der Waals surface area contributed by atoms with E-state index >= 15 is 0 Å². The fourth-order valence-electron chi connectivity index (χ4n) is 4.30. The lowest BCUT2D eigenvalue weighted by molar-refractivity contribution is 1.07. The molecule has 5 aromatic carbocycles. The lowest BCUT2D eigenvalue weighted by Crippen LogP contribution is -2.00. The average Bonchev–Trinajstić information content (AvgIpc) is 2.94. The number of halogens is 1. The van der Waals surface area contributed by atoms with Gasteiger partial charge in [0.15, 0.2) is 17.5 Å². The molecule has 0 aliphatic heterocycles. The smallest absolute Gasteiger partial charge is 0.164 e. The van der Waals surface area contributed by atoms with Gasteiger partial charge in [-0.15, -0.1) is 0 Å². The van der Waals surface area contributed by atoms with Crippen molar-refractivity contribution < 1.29 is 0 Å². The third kappa shape index (κ3) is 4.18. The number of rotatable bonds is 4. The molecule has 1 heterocycles. The summed E-state index contributed by atoms with van der Waals surface area (Å²) in [7, 11) is 0. The third-order valence-electron chi connectivity index (χ3n) is 5.99. The van der Waals surface area contributed by atoms with Crippen LogP contribution in [0.4, 0.5) is 0 Å². The minimum atomic E-state index is 0.630. The SMILES string of the molecule is Clc1cccc2cccc(-c3cccc(-c4nc(-c5ccccc5)nc(-c5ccccc5)n4)c3)c12. The maximum Gasteiger partial charge on any atom is 0.164 e. The van der Waals surface area contributed by atoms with Crippen LogP contribution in [0.1, 0.15) is 0 Å². The Labute approximate surface area is 208 Å². The molecule has 0 atom stereocenters. The van der Waals surface area contributed by atoms with Gasteiger partial charge in [0.2, 0.25) is 0 Å². The molecule has 0 amide bonds. The first-order valence-corrected chi connectivity index (χ1v) is 11.8. The summed E-state index contributed by atoms with van der Waals surface area (Å²) in [6, 6.07) is 40.5. The number of hydrogen-bond donors (Lipinski definition) is 0. The zero-order valence-corrected chi connectivity index (χ0v) is 19.5. The summed E-state index contributed by atoms with van der Waals surface area (Å²) in [5, 5.41) is 2.89. The Morgan fingerprint density at radius 3 is 1.54 bits per heavy atom. The zero-order valence-electron chi connectivity index (χ0n) is 18.8. The normalized spacial score (nSPS) is 11.0. The minimum Gasteiger partial charge on any atom is -0.208 e. The lowest BCUT2D eigenvalue weighted by Gasteiger charge is -2.11. The molecule has 0 spiro atoms. The summed E-state index contributed by atoms with van der Waals surface area (Å²) in [5.41, 5.74) is 4.96. The highest BCUT2D eigenvalue weighted by atomic mass is 35.5. The summed E-state index contributed by atoms with van der Waals surface area (Å²) in [6.45, 7) is 0. The molecular formula is C31H20ClN3. The molecule has 0 unspecified atom stereocenters. The van der Waals surface area contributed by atoms with Gasteiger partial charge in [0.05, 0.1) is 0 Å². The number of fused-ring (bicyclic) bond motifs is 1. The highest BCUT2D eigenvalue weighted by Gasteiger charge is 2.14. The van der Waals surface area contributed by atoms with E-state index < -0.39 is 0 Å². The number of hydrogen-bond acceptors (Lipinski definition) is 3. The van der Waals surface area contributed by atoms with E-state index in [0.29, 0.717) is 17.5 Å². The molecule has 0 N–H and O–H groups in total. The quantitative estimate of drug-likeness (QED) is 0.260. The molecule has 6 aromatic rings. The van der Waals surface area contributed by atoms with Crippen molar-refractivity contribution in [1.82, 2.24) is 15.0 Å².